The summed E-state index contributed by atoms with van der Waals surface area (Å²) in [6.45, 7) is 8.70. The third-order valence-electron chi connectivity index (χ3n) is 8.88. The van der Waals surface area contributed by atoms with Crippen LogP contribution < -0.4 is 15.5 Å². The van der Waals surface area contributed by atoms with Gasteiger partial charge in [0.2, 0.25) is 11.9 Å². The highest BCUT2D eigenvalue weighted by molar-refractivity contribution is 5.80. The molecule has 1 atom stereocenters. The highest BCUT2D eigenvalue weighted by atomic mass is 19.3. The third-order valence-corrected chi connectivity index (χ3v) is 8.88. The number of anilines is 2. The lowest BCUT2D eigenvalue weighted by molar-refractivity contribution is -0.127. The fraction of sp³-hybridized carbons (Fsp3) is 0.606. The number of hydrogen-bond acceptors (Lipinski definition) is 9. The number of rotatable bonds is 7. The first kappa shape index (κ1) is 32.9. The number of fused-ring (bicyclic) bond motifs is 1. The van der Waals surface area contributed by atoms with E-state index in [1.54, 1.807) is 35.2 Å². The number of halogens is 2. The van der Waals surface area contributed by atoms with Gasteiger partial charge in [0.1, 0.15) is 17.2 Å². The van der Waals surface area contributed by atoms with E-state index in [1.807, 2.05) is 25.7 Å². The number of ether oxygens (including phenoxy) is 2. The number of morpholine rings is 1. The molecule has 2 saturated heterocycles. The molecule has 3 fully saturated rings. The van der Waals surface area contributed by atoms with Gasteiger partial charge in [-0.05, 0) is 71.4 Å². The van der Waals surface area contributed by atoms with Crippen LogP contribution in [0.15, 0.2) is 30.3 Å². The van der Waals surface area contributed by atoms with Crippen LogP contribution in [0.2, 0.25) is 0 Å². The van der Waals surface area contributed by atoms with Gasteiger partial charge in [0.15, 0.2) is 5.82 Å². The number of carbonyl (C=O) groups excluding carboxylic acids is 2. The molecule has 6 rings (SSSR count). The maximum absolute atomic E-state index is 14.2. The predicted octanol–water partition coefficient (Wildman–Crippen LogP) is 5.08. The third kappa shape index (κ3) is 7.91. The standard InChI is InChI=1S/C33H44F2N8O4/c1-33(2,3)47-32(45)42-14-6-7-21(20-42)30(44)37-23-12-10-22(11-13-23)36-26-19-27(40-31(39-26)41-15-17-46-18-16-41)43-25-9-5-4-8-24(25)38-29(43)28(34)35/h4-5,8-9,19,21-23,28H,6-7,10-18,20H2,1-3H3,(H,37,44)(H,36,39,40)/t21-,22?,23?/m0/s1. The SMILES string of the molecule is CC(C)(C)OC(=O)N1CCC[C@H](C(=O)NC2CCC(Nc3cc(-n4c(C(F)F)nc5ccccc54)nc(N4CCOCC4)n3)CC2)C1. The van der Waals surface area contributed by atoms with Gasteiger partial charge in [0.25, 0.3) is 6.43 Å². The summed E-state index contributed by atoms with van der Waals surface area (Å²) in [5, 5.41) is 6.76. The van der Waals surface area contributed by atoms with E-state index in [4.69, 9.17) is 19.4 Å². The molecule has 2 N–H and O–H groups in total. The number of aromatic nitrogens is 4. The number of alkyl halides is 2. The van der Waals surface area contributed by atoms with Crippen molar-refractivity contribution in [2.24, 2.45) is 5.92 Å². The van der Waals surface area contributed by atoms with Gasteiger partial charge < -0.3 is 29.9 Å². The minimum Gasteiger partial charge on any atom is -0.444 e. The Hall–Kier alpha value is -4.07. The van der Waals surface area contributed by atoms with Crippen LogP contribution in [-0.4, -0.2) is 93.5 Å². The van der Waals surface area contributed by atoms with Gasteiger partial charge in [-0.3, -0.25) is 9.36 Å². The van der Waals surface area contributed by atoms with E-state index >= 15 is 0 Å². The average molecular weight is 655 g/mol. The Morgan fingerprint density at radius 1 is 0.979 bits per heavy atom. The summed E-state index contributed by atoms with van der Waals surface area (Å²) in [4.78, 5) is 43.2. The largest absolute Gasteiger partial charge is 0.444 e. The minimum atomic E-state index is -2.79. The van der Waals surface area contributed by atoms with Gasteiger partial charge in [-0.2, -0.15) is 9.97 Å². The number of nitrogens with zero attached hydrogens (tertiary/aromatic N) is 6. The Morgan fingerprint density at radius 2 is 1.70 bits per heavy atom. The minimum absolute atomic E-state index is 0.0207. The number of benzene rings is 1. The number of amides is 2. The lowest BCUT2D eigenvalue weighted by atomic mass is 9.90. The molecule has 0 spiro atoms. The van der Waals surface area contributed by atoms with Crippen LogP contribution in [0.4, 0.5) is 25.3 Å². The number of para-hydroxylation sites is 2. The average Bonchev–Trinajstić information content (AvgIpc) is 3.46. The van der Waals surface area contributed by atoms with E-state index in [0.29, 0.717) is 68.0 Å². The second-order valence-corrected chi connectivity index (χ2v) is 13.6. The number of carbonyl (C=O) groups is 2. The Balaban J connectivity index is 1.12. The molecule has 0 bridgehead atoms. The lowest BCUT2D eigenvalue weighted by Gasteiger charge is -2.35. The highest BCUT2D eigenvalue weighted by Gasteiger charge is 2.33. The molecule has 4 heterocycles. The highest BCUT2D eigenvalue weighted by Crippen LogP contribution is 2.30. The number of piperidine rings is 1. The van der Waals surface area contributed by atoms with Crippen LogP contribution in [0.1, 0.15) is 71.5 Å². The summed E-state index contributed by atoms with van der Waals surface area (Å²) in [6.07, 6.45) is 1.48. The Labute approximate surface area is 273 Å². The van der Waals surface area contributed by atoms with E-state index in [0.717, 1.165) is 38.5 Å². The van der Waals surface area contributed by atoms with Gasteiger partial charge in [-0.1, -0.05) is 12.1 Å². The maximum Gasteiger partial charge on any atom is 0.410 e. The lowest BCUT2D eigenvalue weighted by Crippen LogP contribution is -2.49. The fourth-order valence-corrected chi connectivity index (χ4v) is 6.54. The molecule has 2 aliphatic heterocycles. The van der Waals surface area contributed by atoms with Crippen molar-refractivity contribution in [2.75, 3.05) is 49.6 Å². The molecule has 0 radical (unpaired) electrons. The van der Waals surface area contributed by atoms with Crippen molar-refractivity contribution < 1.29 is 27.8 Å². The smallest absolute Gasteiger partial charge is 0.410 e. The Bertz CT molecular complexity index is 1560. The van der Waals surface area contributed by atoms with Crippen molar-refractivity contribution in [3.05, 3.63) is 36.2 Å². The van der Waals surface area contributed by atoms with E-state index in [2.05, 4.69) is 15.6 Å². The molecule has 47 heavy (non-hydrogen) atoms. The van der Waals surface area contributed by atoms with E-state index in [1.165, 1.54) is 4.57 Å². The zero-order valence-electron chi connectivity index (χ0n) is 27.3. The van der Waals surface area contributed by atoms with Crippen molar-refractivity contribution in [3.63, 3.8) is 0 Å². The van der Waals surface area contributed by atoms with Crippen molar-refractivity contribution in [3.8, 4) is 5.82 Å². The van der Waals surface area contributed by atoms with Crippen molar-refractivity contribution >= 4 is 34.8 Å². The van der Waals surface area contributed by atoms with Crippen LogP contribution in [0, 0.1) is 5.92 Å². The molecular weight excluding hydrogens is 610 g/mol. The molecule has 254 valence electrons. The molecule has 12 nitrogen and oxygen atoms in total. The van der Waals surface area contributed by atoms with Crippen LogP contribution in [0.5, 0.6) is 0 Å². The molecule has 2 amide bonds. The Kier molecular flexibility index (Phi) is 9.76. The van der Waals surface area contributed by atoms with Gasteiger partial charge >= 0.3 is 6.09 Å². The van der Waals surface area contributed by atoms with Gasteiger partial charge in [0.05, 0.1) is 30.2 Å². The summed E-state index contributed by atoms with van der Waals surface area (Å²) in [5.41, 5.74) is 0.428. The fourth-order valence-electron chi connectivity index (χ4n) is 6.54. The molecule has 3 aliphatic rings. The summed E-state index contributed by atoms with van der Waals surface area (Å²) in [5.74, 6) is 0.663. The van der Waals surface area contributed by atoms with Crippen molar-refractivity contribution in [1.82, 2.24) is 29.7 Å². The second kappa shape index (κ2) is 14.0. The summed E-state index contributed by atoms with van der Waals surface area (Å²) >= 11 is 0. The normalized spacial score (nSPS) is 22.4. The number of imidazole rings is 1. The van der Waals surface area contributed by atoms with Crippen LogP contribution in [0.25, 0.3) is 16.9 Å². The van der Waals surface area contributed by atoms with E-state index < -0.39 is 12.0 Å². The monoisotopic (exact) mass is 654 g/mol. The molecule has 1 aliphatic carbocycles. The number of nitrogens with one attached hydrogen (secondary N) is 2. The number of hydrogen-bond donors (Lipinski definition) is 2. The van der Waals surface area contributed by atoms with Crippen LogP contribution in [0.3, 0.4) is 0 Å². The molecule has 14 heteroatoms. The molecule has 1 aromatic carbocycles. The first-order valence-electron chi connectivity index (χ1n) is 16.6. The van der Waals surface area contributed by atoms with E-state index in [-0.39, 0.29) is 35.8 Å². The second-order valence-electron chi connectivity index (χ2n) is 13.6. The van der Waals surface area contributed by atoms with Crippen LogP contribution >= 0.6 is 0 Å². The topological polar surface area (TPSA) is 127 Å². The molecule has 2 aromatic heterocycles. The zero-order chi connectivity index (χ0) is 33.1. The zero-order valence-corrected chi connectivity index (χ0v) is 27.3. The summed E-state index contributed by atoms with van der Waals surface area (Å²) in [6, 6.07) is 8.86. The first-order chi connectivity index (χ1) is 22.5. The molecule has 0 unspecified atom stereocenters. The van der Waals surface area contributed by atoms with Crippen molar-refractivity contribution in [2.45, 2.75) is 83.4 Å². The Morgan fingerprint density at radius 3 is 2.43 bits per heavy atom. The van der Waals surface area contributed by atoms with Crippen LogP contribution in [-0.2, 0) is 14.3 Å². The first-order valence-corrected chi connectivity index (χ1v) is 16.6. The van der Waals surface area contributed by atoms with Gasteiger partial charge in [0, 0.05) is 44.3 Å². The van der Waals surface area contributed by atoms with E-state index in [9.17, 15) is 18.4 Å². The number of likely N-dealkylation sites (tertiary alicyclic amines) is 1. The summed E-state index contributed by atoms with van der Waals surface area (Å²) in [7, 11) is 0. The maximum atomic E-state index is 14.2. The van der Waals surface area contributed by atoms with Gasteiger partial charge in [-0.15, -0.1) is 0 Å². The molecule has 1 saturated carbocycles. The summed E-state index contributed by atoms with van der Waals surface area (Å²) < 4.78 is 40.9. The van der Waals surface area contributed by atoms with Crippen molar-refractivity contribution in [1.29, 1.82) is 0 Å². The quantitative estimate of drug-likeness (QED) is 0.359. The predicted molar refractivity (Wildman–Crippen MR) is 173 cm³/mol. The van der Waals surface area contributed by atoms with Gasteiger partial charge in [-0.25, -0.2) is 18.6 Å². The molecular formula is C33H44F2N8O4. The molecule has 3 aromatic rings.